The predicted molar refractivity (Wildman–Crippen MR) is 59.5 cm³/mol. The smallest absolute Gasteiger partial charge is 0.119 e. The van der Waals surface area contributed by atoms with E-state index in [4.69, 9.17) is 10.6 Å². The van der Waals surface area contributed by atoms with Gasteiger partial charge >= 0.3 is 0 Å². The van der Waals surface area contributed by atoms with Crippen molar-refractivity contribution in [3.05, 3.63) is 29.8 Å². The van der Waals surface area contributed by atoms with E-state index in [9.17, 15) is 5.11 Å². The van der Waals surface area contributed by atoms with Crippen LogP contribution in [0.2, 0.25) is 0 Å². The van der Waals surface area contributed by atoms with Gasteiger partial charge in [-0.25, -0.2) is 5.01 Å². The number of aryl methyl sites for hydroxylation is 1. The normalized spacial score (nSPS) is 12.9. The fourth-order valence-electron chi connectivity index (χ4n) is 1.21. The maximum absolute atomic E-state index is 9.49. The van der Waals surface area contributed by atoms with Crippen LogP contribution >= 0.6 is 0 Å². The summed E-state index contributed by atoms with van der Waals surface area (Å²) in [6.45, 7) is 2.67. The molecular weight excluding hydrogens is 192 g/mol. The van der Waals surface area contributed by atoms with Gasteiger partial charge in [0.15, 0.2) is 0 Å². The highest BCUT2D eigenvalue weighted by Crippen LogP contribution is 2.11. The molecule has 0 saturated carbocycles. The Morgan fingerprint density at radius 1 is 1.40 bits per heavy atom. The summed E-state index contributed by atoms with van der Waals surface area (Å²) in [6, 6.07) is 7.70. The van der Waals surface area contributed by atoms with Crippen LogP contribution in [-0.2, 0) is 0 Å². The van der Waals surface area contributed by atoms with Gasteiger partial charge in [0.1, 0.15) is 18.5 Å². The van der Waals surface area contributed by atoms with Crippen LogP contribution in [0.4, 0.5) is 0 Å². The Bertz CT molecular complexity index is 285. The quantitative estimate of drug-likeness (QED) is 0.550. The fraction of sp³-hybridized carbons (Fsp3) is 0.455. The number of likely N-dealkylation sites (N-methyl/N-ethyl adjacent to an activating group) is 1. The average molecular weight is 210 g/mol. The van der Waals surface area contributed by atoms with Crippen molar-refractivity contribution in [1.29, 1.82) is 0 Å². The zero-order valence-electron chi connectivity index (χ0n) is 9.18. The van der Waals surface area contributed by atoms with Crippen molar-refractivity contribution in [2.45, 2.75) is 13.0 Å². The lowest BCUT2D eigenvalue weighted by atomic mass is 10.2. The second kappa shape index (κ2) is 5.70. The maximum Gasteiger partial charge on any atom is 0.119 e. The molecule has 0 amide bonds. The second-order valence-corrected chi connectivity index (χ2v) is 3.72. The number of aliphatic hydroxyl groups is 1. The number of nitrogens with zero attached hydrogens (tertiary/aromatic N) is 1. The number of benzene rings is 1. The van der Waals surface area contributed by atoms with Crippen LogP contribution in [0.3, 0.4) is 0 Å². The molecule has 0 aliphatic rings. The van der Waals surface area contributed by atoms with Crippen LogP contribution in [-0.4, -0.2) is 36.4 Å². The molecule has 0 aliphatic carbocycles. The average Bonchev–Trinajstić information content (AvgIpc) is 2.16. The third kappa shape index (κ3) is 4.78. The zero-order chi connectivity index (χ0) is 11.3. The fourth-order valence-corrected chi connectivity index (χ4v) is 1.21. The summed E-state index contributed by atoms with van der Waals surface area (Å²) < 4.78 is 5.39. The Morgan fingerprint density at radius 3 is 2.53 bits per heavy atom. The van der Waals surface area contributed by atoms with Crippen LogP contribution in [0.25, 0.3) is 0 Å². The monoisotopic (exact) mass is 210 g/mol. The Morgan fingerprint density at radius 2 is 2.00 bits per heavy atom. The molecule has 1 aromatic carbocycles. The number of hydrogen-bond acceptors (Lipinski definition) is 4. The summed E-state index contributed by atoms with van der Waals surface area (Å²) in [7, 11) is 1.70. The molecule has 15 heavy (non-hydrogen) atoms. The van der Waals surface area contributed by atoms with Gasteiger partial charge in [-0.1, -0.05) is 17.7 Å². The predicted octanol–water partition coefficient (Wildman–Crippen LogP) is 0.540. The highest BCUT2D eigenvalue weighted by atomic mass is 16.5. The number of nitrogens with two attached hydrogens (primary N) is 1. The van der Waals surface area contributed by atoms with Gasteiger partial charge in [-0.15, -0.1) is 0 Å². The molecule has 1 rings (SSSR count). The van der Waals surface area contributed by atoms with E-state index < -0.39 is 6.10 Å². The van der Waals surface area contributed by atoms with Gasteiger partial charge in [0.2, 0.25) is 0 Å². The van der Waals surface area contributed by atoms with E-state index in [2.05, 4.69) is 0 Å². The van der Waals surface area contributed by atoms with E-state index in [1.165, 1.54) is 10.6 Å². The molecule has 0 radical (unpaired) electrons. The molecule has 0 heterocycles. The summed E-state index contributed by atoms with van der Waals surface area (Å²) in [5.74, 6) is 6.16. The van der Waals surface area contributed by atoms with Gasteiger partial charge in [0.25, 0.3) is 0 Å². The van der Waals surface area contributed by atoms with Crippen LogP contribution in [0, 0.1) is 6.92 Å². The van der Waals surface area contributed by atoms with Crippen molar-refractivity contribution >= 4 is 0 Å². The topological polar surface area (TPSA) is 58.7 Å². The highest BCUT2D eigenvalue weighted by Gasteiger charge is 2.06. The lowest BCUT2D eigenvalue weighted by molar-refractivity contribution is 0.0765. The Hall–Kier alpha value is -1.10. The molecular formula is C11H18N2O2. The van der Waals surface area contributed by atoms with Crippen LogP contribution in [0.5, 0.6) is 5.75 Å². The molecule has 1 atom stereocenters. The molecule has 1 unspecified atom stereocenters. The van der Waals surface area contributed by atoms with Gasteiger partial charge < -0.3 is 9.84 Å². The van der Waals surface area contributed by atoms with Crippen molar-refractivity contribution in [2.75, 3.05) is 20.2 Å². The van der Waals surface area contributed by atoms with Gasteiger partial charge in [0.05, 0.1) is 0 Å². The number of hydrogen-bond donors (Lipinski definition) is 2. The van der Waals surface area contributed by atoms with E-state index >= 15 is 0 Å². The minimum Gasteiger partial charge on any atom is -0.491 e. The minimum absolute atomic E-state index is 0.255. The second-order valence-electron chi connectivity index (χ2n) is 3.72. The Labute approximate surface area is 90.2 Å². The van der Waals surface area contributed by atoms with Crippen molar-refractivity contribution < 1.29 is 9.84 Å². The molecule has 4 heteroatoms. The number of rotatable bonds is 5. The molecule has 0 aliphatic heterocycles. The molecule has 0 saturated heterocycles. The maximum atomic E-state index is 9.49. The molecule has 0 bridgehead atoms. The molecule has 0 aromatic heterocycles. The van der Waals surface area contributed by atoms with E-state index in [1.54, 1.807) is 7.05 Å². The van der Waals surface area contributed by atoms with Gasteiger partial charge in [-0.3, -0.25) is 5.84 Å². The first kappa shape index (κ1) is 12.0. The Kier molecular flexibility index (Phi) is 4.55. The first-order valence-corrected chi connectivity index (χ1v) is 4.91. The summed E-state index contributed by atoms with van der Waals surface area (Å²) in [5, 5.41) is 10.9. The largest absolute Gasteiger partial charge is 0.491 e. The lowest BCUT2D eigenvalue weighted by Gasteiger charge is -2.16. The zero-order valence-corrected chi connectivity index (χ0v) is 9.18. The standard InChI is InChI=1S/C11H18N2O2/c1-9-3-5-11(6-4-9)15-8-10(14)7-13(2)12/h3-6,10,14H,7-8,12H2,1-2H3. The third-order valence-electron chi connectivity index (χ3n) is 1.96. The number of hydrazine groups is 1. The molecule has 84 valence electrons. The van der Waals surface area contributed by atoms with Crippen molar-refractivity contribution in [2.24, 2.45) is 5.84 Å². The molecule has 4 nitrogen and oxygen atoms in total. The molecule has 0 fully saturated rings. The van der Waals surface area contributed by atoms with E-state index in [-0.39, 0.29) is 6.61 Å². The first-order valence-electron chi connectivity index (χ1n) is 4.91. The van der Waals surface area contributed by atoms with Crippen molar-refractivity contribution in [3.63, 3.8) is 0 Å². The number of ether oxygens (including phenoxy) is 1. The Balaban J connectivity index is 2.33. The SMILES string of the molecule is Cc1ccc(OCC(O)CN(C)N)cc1. The van der Waals surface area contributed by atoms with E-state index in [0.717, 1.165) is 5.75 Å². The summed E-state index contributed by atoms with van der Waals surface area (Å²) in [6.07, 6.45) is -0.568. The third-order valence-corrected chi connectivity index (χ3v) is 1.96. The van der Waals surface area contributed by atoms with Crippen LogP contribution in [0.15, 0.2) is 24.3 Å². The van der Waals surface area contributed by atoms with E-state index in [0.29, 0.717) is 6.54 Å². The summed E-state index contributed by atoms with van der Waals surface area (Å²) >= 11 is 0. The van der Waals surface area contributed by atoms with Gasteiger partial charge in [-0.2, -0.15) is 0 Å². The number of aliphatic hydroxyl groups excluding tert-OH is 1. The summed E-state index contributed by atoms with van der Waals surface area (Å²) in [5.41, 5.74) is 1.18. The van der Waals surface area contributed by atoms with E-state index in [1.807, 2.05) is 31.2 Å². The van der Waals surface area contributed by atoms with Gasteiger partial charge in [-0.05, 0) is 19.1 Å². The first-order chi connectivity index (χ1) is 7.08. The summed E-state index contributed by atoms with van der Waals surface area (Å²) in [4.78, 5) is 0. The molecule has 1 aromatic rings. The van der Waals surface area contributed by atoms with Crippen LogP contribution in [0.1, 0.15) is 5.56 Å². The van der Waals surface area contributed by atoms with Crippen molar-refractivity contribution in [3.8, 4) is 5.75 Å². The highest BCUT2D eigenvalue weighted by molar-refractivity contribution is 5.26. The van der Waals surface area contributed by atoms with Gasteiger partial charge in [0, 0.05) is 13.6 Å². The molecule has 3 N–H and O–H groups in total. The van der Waals surface area contributed by atoms with Crippen molar-refractivity contribution in [1.82, 2.24) is 5.01 Å². The van der Waals surface area contributed by atoms with Crippen LogP contribution < -0.4 is 10.6 Å². The molecule has 0 spiro atoms. The lowest BCUT2D eigenvalue weighted by Crippen LogP contribution is -2.37. The minimum atomic E-state index is -0.568.